The number of benzene rings is 2. The molecule has 1 saturated heterocycles. The molecule has 0 N–H and O–H groups in total. The van der Waals surface area contributed by atoms with Crippen LogP contribution in [-0.2, 0) is 25.8 Å². The molecule has 2 aliphatic rings. The first-order valence-electron chi connectivity index (χ1n) is 10.0. The lowest BCUT2D eigenvalue weighted by molar-refractivity contribution is -0.135. The number of carbonyl (C=O) groups is 1. The highest BCUT2D eigenvalue weighted by molar-refractivity contribution is 9.10. The standard InChI is InChI=1S/C22H25BrN2O4S/c1-30(27,28)19-5-3-18(4-6-19)24-9-11-25(12-10-24)22(26)15-21-20-7-2-17(23)14-16(20)8-13-29-21/h2-7,14,21H,8-13,15H2,1H3. The highest BCUT2D eigenvalue weighted by Gasteiger charge is 2.28. The molecule has 2 aliphatic heterocycles. The summed E-state index contributed by atoms with van der Waals surface area (Å²) in [6, 6.07) is 13.1. The molecule has 6 nitrogen and oxygen atoms in total. The summed E-state index contributed by atoms with van der Waals surface area (Å²) in [7, 11) is -3.19. The third-order valence-electron chi connectivity index (χ3n) is 5.76. The Kier molecular flexibility index (Phi) is 6.18. The van der Waals surface area contributed by atoms with Crippen LogP contribution in [0.2, 0.25) is 0 Å². The van der Waals surface area contributed by atoms with Gasteiger partial charge in [0.05, 0.1) is 24.0 Å². The second-order valence-electron chi connectivity index (χ2n) is 7.79. The summed E-state index contributed by atoms with van der Waals surface area (Å²) in [5, 5.41) is 0. The minimum Gasteiger partial charge on any atom is -0.373 e. The molecule has 0 aliphatic carbocycles. The molecule has 0 saturated carbocycles. The first kappa shape index (κ1) is 21.3. The number of halogens is 1. The van der Waals surface area contributed by atoms with Crippen molar-refractivity contribution >= 4 is 37.4 Å². The maximum absolute atomic E-state index is 12.9. The molecule has 160 valence electrons. The molecule has 0 bridgehead atoms. The zero-order chi connectivity index (χ0) is 21.3. The number of anilines is 1. The predicted octanol–water partition coefficient (Wildman–Crippen LogP) is 3.21. The third-order valence-corrected chi connectivity index (χ3v) is 7.39. The Hall–Kier alpha value is -1.90. The van der Waals surface area contributed by atoms with Gasteiger partial charge in [-0.15, -0.1) is 0 Å². The number of rotatable bonds is 4. The number of hydrogen-bond acceptors (Lipinski definition) is 5. The smallest absolute Gasteiger partial charge is 0.225 e. The highest BCUT2D eigenvalue weighted by Crippen LogP contribution is 2.32. The van der Waals surface area contributed by atoms with Crippen LogP contribution in [0.3, 0.4) is 0 Å². The van der Waals surface area contributed by atoms with E-state index in [2.05, 4.69) is 33.0 Å². The van der Waals surface area contributed by atoms with E-state index in [1.807, 2.05) is 23.1 Å². The van der Waals surface area contributed by atoms with Crippen molar-refractivity contribution < 1.29 is 17.9 Å². The van der Waals surface area contributed by atoms with Crippen LogP contribution < -0.4 is 4.90 Å². The number of ether oxygens (including phenoxy) is 1. The quantitative estimate of drug-likeness (QED) is 0.655. The number of hydrogen-bond donors (Lipinski definition) is 0. The largest absolute Gasteiger partial charge is 0.373 e. The molecule has 1 atom stereocenters. The maximum atomic E-state index is 12.9. The summed E-state index contributed by atoms with van der Waals surface area (Å²) in [5.41, 5.74) is 3.34. The van der Waals surface area contributed by atoms with Crippen molar-refractivity contribution in [3.8, 4) is 0 Å². The molecule has 0 radical (unpaired) electrons. The van der Waals surface area contributed by atoms with E-state index in [-0.39, 0.29) is 12.0 Å². The molecular formula is C22H25BrN2O4S. The molecule has 1 fully saturated rings. The third kappa shape index (κ3) is 4.71. The first-order valence-corrected chi connectivity index (χ1v) is 12.7. The Morgan fingerprint density at radius 2 is 1.80 bits per heavy atom. The number of carbonyl (C=O) groups excluding carboxylic acids is 1. The van der Waals surface area contributed by atoms with Crippen LogP contribution in [0, 0.1) is 0 Å². The first-order chi connectivity index (χ1) is 14.3. The molecule has 4 rings (SSSR count). The normalized spacial score (nSPS) is 19.5. The molecule has 1 unspecified atom stereocenters. The summed E-state index contributed by atoms with van der Waals surface area (Å²) in [6.45, 7) is 3.37. The average molecular weight is 493 g/mol. The van der Waals surface area contributed by atoms with Crippen LogP contribution in [0.5, 0.6) is 0 Å². The van der Waals surface area contributed by atoms with Gasteiger partial charge < -0.3 is 14.5 Å². The van der Waals surface area contributed by atoms with Crippen molar-refractivity contribution in [2.24, 2.45) is 0 Å². The Balaban J connectivity index is 1.35. The van der Waals surface area contributed by atoms with Gasteiger partial charge in [0, 0.05) is 42.6 Å². The number of amides is 1. The van der Waals surface area contributed by atoms with Gasteiger partial charge in [0.25, 0.3) is 0 Å². The van der Waals surface area contributed by atoms with Crippen molar-refractivity contribution in [2.75, 3.05) is 43.9 Å². The van der Waals surface area contributed by atoms with Crippen molar-refractivity contribution in [1.29, 1.82) is 0 Å². The van der Waals surface area contributed by atoms with Gasteiger partial charge in [-0.3, -0.25) is 4.79 Å². The second-order valence-corrected chi connectivity index (χ2v) is 10.7. The lowest BCUT2D eigenvalue weighted by Gasteiger charge is -2.37. The molecule has 8 heteroatoms. The predicted molar refractivity (Wildman–Crippen MR) is 120 cm³/mol. The average Bonchev–Trinajstić information content (AvgIpc) is 2.73. The Labute approximate surface area is 185 Å². The SMILES string of the molecule is CS(=O)(=O)c1ccc(N2CCN(C(=O)CC3OCCc4cc(Br)ccc43)CC2)cc1. The van der Waals surface area contributed by atoms with Crippen LogP contribution in [0.25, 0.3) is 0 Å². The van der Waals surface area contributed by atoms with Gasteiger partial charge >= 0.3 is 0 Å². The van der Waals surface area contributed by atoms with Crippen LogP contribution in [0.1, 0.15) is 23.7 Å². The van der Waals surface area contributed by atoms with Gasteiger partial charge in [0.1, 0.15) is 0 Å². The lowest BCUT2D eigenvalue weighted by atomic mass is 9.95. The van der Waals surface area contributed by atoms with Crippen LogP contribution in [0.4, 0.5) is 5.69 Å². The fraction of sp³-hybridized carbons (Fsp3) is 0.409. The van der Waals surface area contributed by atoms with Crippen molar-refractivity contribution in [3.63, 3.8) is 0 Å². The van der Waals surface area contributed by atoms with E-state index < -0.39 is 9.84 Å². The second kappa shape index (κ2) is 8.69. The van der Waals surface area contributed by atoms with E-state index in [9.17, 15) is 13.2 Å². The summed E-state index contributed by atoms with van der Waals surface area (Å²) in [6.07, 6.45) is 2.25. The van der Waals surface area contributed by atoms with Gasteiger partial charge in [-0.05, 0) is 53.9 Å². The minimum absolute atomic E-state index is 0.114. The van der Waals surface area contributed by atoms with Crippen molar-refractivity contribution in [3.05, 3.63) is 58.1 Å². The number of nitrogens with zero attached hydrogens (tertiary/aromatic N) is 2. The van der Waals surface area contributed by atoms with Gasteiger partial charge in [-0.1, -0.05) is 22.0 Å². The summed E-state index contributed by atoms with van der Waals surface area (Å²) >= 11 is 3.51. The molecular weight excluding hydrogens is 468 g/mol. The molecule has 0 spiro atoms. The lowest BCUT2D eigenvalue weighted by Crippen LogP contribution is -2.49. The zero-order valence-corrected chi connectivity index (χ0v) is 19.3. The molecule has 2 aromatic rings. The van der Waals surface area contributed by atoms with Gasteiger partial charge in [0.2, 0.25) is 5.91 Å². The Morgan fingerprint density at radius 3 is 2.47 bits per heavy atom. The molecule has 0 aromatic heterocycles. The number of piperazine rings is 1. The van der Waals surface area contributed by atoms with Crippen LogP contribution >= 0.6 is 15.9 Å². The molecule has 2 aromatic carbocycles. The topological polar surface area (TPSA) is 66.9 Å². The van der Waals surface area contributed by atoms with Crippen molar-refractivity contribution in [2.45, 2.75) is 23.8 Å². The van der Waals surface area contributed by atoms with E-state index in [4.69, 9.17) is 4.74 Å². The summed E-state index contributed by atoms with van der Waals surface area (Å²) in [5.74, 6) is 0.114. The van der Waals surface area contributed by atoms with E-state index >= 15 is 0 Å². The van der Waals surface area contributed by atoms with E-state index in [0.717, 1.165) is 35.2 Å². The number of sulfone groups is 1. The summed E-state index contributed by atoms with van der Waals surface area (Å²) in [4.78, 5) is 17.3. The fourth-order valence-electron chi connectivity index (χ4n) is 4.08. The van der Waals surface area contributed by atoms with E-state index in [1.54, 1.807) is 12.1 Å². The summed E-state index contributed by atoms with van der Waals surface area (Å²) < 4.78 is 30.2. The fourth-order valence-corrected chi connectivity index (χ4v) is 5.12. The van der Waals surface area contributed by atoms with Gasteiger partial charge in [0.15, 0.2) is 9.84 Å². The van der Waals surface area contributed by atoms with Crippen LogP contribution in [0.15, 0.2) is 51.8 Å². The molecule has 30 heavy (non-hydrogen) atoms. The molecule has 2 heterocycles. The highest BCUT2D eigenvalue weighted by atomic mass is 79.9. The van der Waals surface area contributed by atoms with E-state index in [0.29, 0.717) is 31.0 Å². The van der Waals surface area contributed by atoms with Crippen LogP contribution in [-0.4, -0.2) is 58.3 Å². The maximum Gasteiger partial charge on any atom is 0.225 e. The van der Waals surface area contributed by atoms with Crippen molar-refractivity contribution in [1.82, 2.24) is 4.90 Å². The zero-order valence-electron chi connectivity index (χ0n) is 16.9. The van der Waals surface area contributed by atoms with Gasteiger partial charge in [-0.25, -0.2) is 8.42 Å². The Morgan fingerprint density at radius 1 is 1.10 bits per heavy atom. The molecule has 1 amide bonds. The minimum atomic E-state index is -3.19. The monoisotopic (exact) mass is 492 g/mol. The van der Waals surface area contributed by atoms with E-state index in [1.165, 1.54) is 11.8 Å². The Bertz CT molecular complexity index is 1030. The number of fused-ring (bicyclic) bond motifs is 1. The van der Waals surface area contributed by atoms with Gasteiger partial charge in [-0.2, -0.15) is 0 Å².